The molecule has 3 atom stereocenters. The Bertz CT molecular complexity index is 965. The van der Waals surface area contributed by atoms with Crippen molar-refractivity contribution >= 4 is 28.5 Å². The third kappa shape index (κ3) is 3.06. The van der Waals surface area contributed by atoms with E-state index in [0.29, 0.717) is 17.1 Å². The Morgan fingerprint density at radius 3 is 2.85 bits per heavy atom. The molecular weight excluding hydrogens is 350 g/mol. The predicted octanol–water partition coefficient (Wildman–Crippen LogP) is 5.08. The zero-order valence-electron chi connectivity index (χ0n) is 14.7. The number of hydrogen-bond donors (Lipinski definition) is 1. The Morgan fingerprint density at radius 2 is 2.08 bits per heavy atom. The van der Waals surface area contributed by atoms with E-state index in [1.807, 2.05) is 55.5 Å². The molecule has 4 rings (SSSR count). The number of hydrogen-bond acceptors (Lipinski definition) is 3. The maximum absolute atomic E-state index is 12.6. The minimum atomic E-state index is -0.216. The number of furan rings is 1. The molecule has 4 nitrogen and oxygen atoms in total. The topological polar surface area (TPSA) is 51.5 Å². The van der Waals surface area contributed by atoms with Crippen LogP contribution >= 0.6 is 11.6 Å². The lowest BCUT2D eigenvalue weighted by Gasteiger charge is -2.11. The SMILES string of the molecule is COc1cccc2cc(C(C)NC(=O)C3CC3c3ccccc3Cl)oc12. The van der Waals surface area contributed by atoms with Gasteiger partial charge in [0.1, 0.15) is 5.76 Å². The number of para-hydroxylation sites is 1. The van der Waals surface area contributed by atoms with Gasteiger partial charge in [-0.05, 0) is 43.0 Å². The van der Waals surface area contributed by atoms with Crippen LogP contribution in [0.1, 0.15) is 36.6 Å². The van der Waals surface area contributed by atoms with Crippen molar-refractivity contribution in [3.05, 3.63) is 64.9 Å². The average Bonchev–Trinajstić information content (AvgIpc) is 3.31. The first-order valence-electron chi connectivity index (χ1n) is 8.69. The zero-order chi connectivity index (χ0) is 18.3. The van der Waals surface area contributed by atoms with Gasteiger partial charge in [0.15, 0.2) is 11.3 Å². The summed E-state index contributed by atoms with van der Waals surface area (Å²) in [7, 11) is 1.62. The number of rotatable bonds is 5. The van der Waals surface area contributed by atoms with E-state index in [1.165, 1.54) is 0 Å². The molecule has 26 heavy (non-hydrogen) atoms. The molecule has 0 saturated heterocycles. The summed E-state index contributed by atoms with van der Waals surface area (Å²) in [5.41, 5.74) is 1.75. The van der Waals surface area contributed by atoms with Gasteiger partial charge in [0.25, 0.3) is 0 Å². The lowest BCUT2D eigenvalue weighted by Crippen LogP contribution is -2.28. The van der Waals surface area contributed by atoms with Gasteiger partial charge in [-0.25, -0.2) is 0 Å². The van der Waals surface area contributed by atoms with Crippen molar-refractivity contribution in [3.8, 4) is 5.75 Å². The Morgan fingerprint density at radius 1 is 1.27 bits per heavy atom. The van der Waals surface area contributed by atoms with Crippen LogP contribution in [0.4, 0.5) is 0 Å². The number of ether oxygens (including phenoxy) is 1. The van der Waals surface area contributed by atoms with Gasteiger partial charge in [-0.15, -0.1) is 0 Å². The van der Waals surface area contributed by atoms with E-state index >= 15 is 0 Å². The van der Waals surface area contributed by atoms with Crippen molar-refractivity contribution in [1.82, 2.24) is 5.32 Å². The van der Waals surface area contributed by atoms with Gasteiger partial charge in [0.05, 0.1) is 13.2 Å². The maximum atomic E-state index is 12.6. The molecule has 1 aromatic heterocycles. The molecule has 1 amide bonds. The molecule has 1 saturated carbocycles. The van der Waals surface area contributed by atoms with Crippen LogP contribution in [0, 0.1) is 5.92 Å². The molecule has 1 N–H and O–H groups in total. The third-order valence-electron chi connectivity index (χ3n) is 4.96. The zero-order valence-corrected chi connectivity index (χ0v) is 15.4. The van der Waals surface area contributed by atoms with Crippen LogP contribution in [0.15, 0.2) is 52.9 Å². The van der Waals surface area contributed by atoms with Crippen LogP contribution < -0.4 is 10.1 Å². The molecule has 0 spiro atoms. The van der Waals surface area contributed by atoms with Crippen molar-refractivity contribution in [1.29, 1.82) is 0 Å². The predicted molar refractivity (Wildman–Crippen MR) is 102 cm³/mol. The largest absolute Gasteiger partial charge is 0.493 e. The molecule has 0 radical (unpaired) electrons. The van der Waals surface area contributed by atoms with Gasteiger partial charge < -0.3 is 14.5 Å². The normalized spacial score (nSPS) is 20.0. The van der Waals surface area contributed by atoms with Crippen LogP contribution in [0.3, 0.4) is 0 Å². The number of methoxy groups -OCH3 is 1. The van der Waals surface area contributed by atoms with Crippen molar-refractivity contribution in [2.45, 2.75) is 25.3 Å². The lowest BCUT2D eigenvalue weighted by atomic mass is 10.1. The second-order valence-electron chi connectivity index (χ2n) is 6.73. The number of benzene rings is 2. The third-order valence-corrected chi connectivity index (χ3v) is 5.31. The lowest BCUT2D eigenvalue weighted by molar-refractivity contribution is -0.123. The molecule has 1 aliphatic carbocycles. The Balaban J connectivity index is 1.46. The van der Waals surface area contributed by atoms with E-state index in [2.05, 4.69) is 5.32 Å². The fraction of sp³-hybridized carbons (Fsp3) is 0.286. The van der Waals surface area contributed by atoms with Crippen LogP contribution in [-0.2, 0) is 4.79 Å². The van der Waals surface area contributed by atoms with E-state index in [9.17, 15) is 4.79 Å². The Hall–Kier alpha value is -2.46. The van der Waals surface area contributed by atoms with Crippen molar-refractivity contribution in [2.24, 2.45) is 5.92 Å². The molecule has 5 heteroatoms. The fourth-order valence-electron chi connectivity index (χ4n) is 3.43. The second-order valence-corrected chi connectivity index (χ2v) is 7.14. The van der Waals surface area contributed by atoms with Gasteiger partial charge in [0, 0.05) is 16.3 Å². The highest BCUT2D eigenvalue weighted by Crippen LogP contribution is 2.49. The Kier molecular flexibility index (Phi) is 4.37. The highest BCUT2D eigenvalue weighted by atomic mass is 35.5. The van der Waals surface area contributed by atoms with Crippen LogP contribution in [0.5, 0.6) is 5.75 Å². The number of halogens is 1. The molecule has 1 heterocycles. The highest BCUT2D eigenvalue weighted by molar-refractivity contribution is 6.31. The van der Waals surface area contributed by atoms with Gasteiger partial charge >= 0.3 is 0 Å². The first-order chi connectivity index (χ1) is 12.6. The first kappa shape index (κ1) is 17.0. The van der Waals surface area contributed by atoms with Gasteiger partial charge in [-0.1, -0.05) is 41.9 Å². The van der Waals surface area contributed by atoms with Gasteiger partial charge in [0.2, 0.25) is 5.91 Å². The summed E-state index contributed by atoms with van der Waals surface area (Å²) in [6.07, 6.45) is 0.830. The minimum Gasteiger partial charge on any atom is -0.493 e. The van der Waals surface area contributed by atoms with Crippen molar-refractivity contribution in [2.75, 3.05) is 7.11 Å². The summed E-state index contributed by atoms with van der Waals surface area (Å²) < 4.78 is 11.3. The van der Waals surface area contributed by atoms with Crippen molar-refractivity contribution < 1.29 is 13.9 Å². The number of fused-ring (bicyclic) bond motifs is 1. The number of amides is 1. The molecule has 1 fully saturated rings. The molecule has 134 valence electrons. The highest BCUT2D eigenvalue weighted by Gasteiger charge is 2.45. The maximum Gasteiger partial charge on any atom is 0.224 e. The summed E-state index contributed by atoms with van der Waals surface area (Å²) in [5.74, 6) is 1.61. The van der Waals surface area contributed by atoms with E-state index in [-0.39, 0.29) is 23.8 Å². The molecule has 0 aliphatic heterocycles. The van der Waals surface area contributed by atoms with E-state index < -0.39 is 0 Å². The van der Waals surface area contributed by atoms with Gasteiger partial charge in [-0.3, -0.25) is 4.79 Å². The van der Waals surface area contributed by atoms with Crippen molar-refractivity contribution in [3.63, 3.8) is 0 Å². The van der Waals surface area contributed by atoms with E-state index in [1.54, 1.807) is 7.11 Å². The van der Waals surface area contributed by atoms with E-state index in [4.69, 9.17) is 20.8 Å². The number of carbonyl (C=O) groups is 1. The summed E-state index contributed by atoms with van der Waals surface area (Å²) in [4.78, 5) is 12.6. The fourth-order valence-corrected chi connectivity index (χ4v) is 3.70. The smallest absolute Gasteiger partial charge is 0.224 e. The van der Waals surface area contributed by atoms with Crippen LogP contribution in [-0.4, -0.2) is 13.0 Å². The number of nitrogens with one attached hydrogen (secondary N) is 1. The first-order valence-corrected chi connectivity index (χ1v) is 9.07. The quantitative estimate of drug-likeness (QED) is 0.682. The minimum absolute atomic E-state index is 0.0312. The second kappa shape index (κ2) is 6.69. The standard InChI is InChI=1S/C21H20ClNO3/c1-12(19-10-13-6-5-9-18(25-2)20(13)26-19)23-21(24)16-11-15(16)14-7-3-4-8-17(14)22/h3-10,12,15-16H,11H2,1-2H3,(H,23,24). The summed E-state index contributed by atoms with van der Waals surface area (Å²) in [6, 6.07) is 15.2. The molecule has 3 unspecified atom stereocenters. The average molecular weight is 370 g/mol. The summed E-state index contributed by atoms with van der Waals surface area (Å²) in [6.45, 7) is 1.93. The summed E-state index contributed by atoms with van der Waals surface area (Å²) >= 11 is 6.25. The van der Waals surface area contributed by atoms with Crippen LogP contribution in [0.25, 0.3) is 11.0 Å². The number of carbonyl (C=O) groups excluding carboxylic acids is 1. The van der Waals surface area contributed by atoms with E-state index in [0.717, 1.165) is 22.4 Å². The molecule has 2 aromatic carbocycles. The molecule has 3 aromatic rings. The van der Waals surface area contributed by atoms with Gasteiger partial charge in [-0.2, -0.15) is 0 Å². The molecular formula is C21H20ClNO3. The Labute approximate surface area is 157 Å². The summed E-state index contributed by atoms with van der Waals surface area (Å²) in [5, 5.41) is 4.75. The van der Waals surface area contributed by atoms with Crippen LogP contribution in [0.2, 0.25) is 5.02 Å². The molecule has 1 aliphatic rings. The molecule has 0 bridgehead atoms. The monoisotopic (exact) mass is 369 g/mol.